The molecule has 1 amide bonds. The predicted octanol–water partition coefficient (Wildman–Crippen LogP) is 4.00. The Labute approximate surface area is 165 Å². The first-order chi connectivity index (χ1) is 13.5. The van der Waals surface area contributed by atoms with E-state index in [1.54, 1.807) is 13.1 Å². The van der Waals surface area contributed by atoms with Crippen LogP contribution in [-0.4, -0.2) is 27.4 Å². The number of hydrogen-bond acceptors (Lipinski definition) is 7. The van der Waals surface area contributed by atoms with Gasteiger partial charge in [-0.15, -0.1) is 11.3 Å². The molecule has 2 heterocycles. The number of nitro groups is 1. The smallest absolute Gasteiger partial charge is 0.300 e. The fourth-order valence-corrected chi connectivity index (χ4v) is 3.28. The van der Waals surface area contributed by atoms with E-state index in [1.165, 1.54) is 17.4 Å². The second-order valence-corrected chi connectivity index (χ2v) is 6.78. The normalized spacial score (nSPS) is 11.6. The molecule has 2 aromatic heterocycles. The van der Waals surface area contributed by atoms with Crippen LogP contribution in [0.15, 0.2) is 48.1 Å². The summed E-state index contributed by atoms with van der Waals surface area (Å²) in [6, 6.07) is 8.58. The van der Waals surface area contributed by atoms with Crippen LogP contribution in [0.3, 0.4) is 0 Å². The van der Waals surface area contributed by atoms with E-state index in [9.17, 15) is 14.9 Å². The molecule has 0 fully saturated rings. The number of aromatic nitrogens is 2. The first-order valence-electron chi connectivity index (χ1n) is 8.57. The van der Waals surface area contributed by atoms with Crippen molar-refractivity contribution in [2.75, 3.05) is 6.61 Å². The highest BCUT2D eigenvalue weighted by atomic mass is 32.1. The quantitative estimate of drug-likeness (QED) is 0.476. The van der Waals surface area contributed by atoms with E-state index in [4.69, 9.17) is 4.74 Å². The van der Waals surface area contributed by atoms with E-state index in [0.29, 0.717) is 6.61 Å². The molecule has 0 spiro atoms. The van der Waals surface area contributed by atoms with Crippen molar-refractivity contribution >= 4 is 22.9 Å². The monoisotopic (exact) mass is 398 g/mol. The van der Waals surface area contributed by atoms with Gasteiger partial charge in [-0.05, 0) is 25.5 Å². The molecule has 3 aromatic rings. The molecule has 0 bridgehead atoms. The van der Waals surface area contributed by atoms with Gasteiger partial charge in [0.15, 0.2) is 0 Å². The molecular formula is C19H18N4O4S. The highest BCUT2D eigenvalue weighted by Gasteiger charge is 2.23. The molecule has 3 rings (SSSR count). The van der Waals surface area contributed by atoms with Crippen LogP contribution in [0.1, 0.15) is 35.8 Å². The second-order valence-electron chi connectivity index (χ2n) is 5.89. The van der Waals surface area contributed by atoms with Gasteiger partial charge in [-0.2, -0.15) is 0 Å². The van der Waals surface area contributed by atoms with Crippen LogP contribution in [0, 0.1) is 10.1 Å². The molecule has 144 valence electrons. The molecule has 28 heavy (non-hydrogen) atoms. The third-order valence-corrected chi connectivity index (χ3v) is 4.83. The van der Waals surface area contributed by atoms with E-state index in [-0.39, 0.29) is 23.2 Å². The Morgan fingerprint density at radius 3 is 2.86 bits per heavy atom. The lowest BCUT2D eigenvalue weighted by Gasteiger charge is -2.15. The summed E-state index contributed by atoms with van der Waals surface area (Å²) in [6.07, 6.45) is 2.77. The van der Waals surface area contributed by atoms with E-state index in [2.05, 4.69) is 15.3 Å². The summed E-state index contributed by atoms with van der Waals surface area (Å²) in [5.41, 5.74) is 1.35. The minimum Gasteiger partial charge on any atom is -0.478 e. The van der Waals surface area contributed by atoms with Gasteiger partial charge in [0.25, 0.3) is 5.91 Å². The number of nitrogens with one attached hydrogen (secondary N) is 1. The maximum absolute atomic E-state index is 12.7. The zero-order chi connectivity index (χ0) is 20.1. The lowest BCUT2D eigenvalue weighted by molar-refractivity contribution is -0.385. The van der Waals surface area contributed by atoms with Gasteiger partial charge in [0.2, 0.25) is 5.88 Å². The van der Waals surface area contributed by atoms with Crippen LogP contribution >= 0.6 is 11.3 Å². The van der Waals surface area contributed by atoms with Crippen molar-refractivity contribution in [3.63, 3.8) is 0 Å². The van der Waals surface area contributed by atoms with Gasteiger partial charge in [-0.25, -0.2) is 9.97 Å². The van der Waals surface area contributed by atoms with Gasteiger partial charge >= 0.3 is 5.69 Å². The molecule has 0 saturated heterocycles. The number of rotatable bonds is 7. The summed E-state index contributed by atoms with van der Waals surface area (Å²) in [5.74, 6) is -0.404. The van der Waals surface area contributed by atoms with E-state index < -0.39 is 10.8 Å². The Balaban J connectivity index is 1.84. The maximum Gasteiger partial charge on any atom is 0.300 e. The van der Waals surface area contributed by atoms with Crippen LogP contribution in [0.4, 0.5) is 5.69 Å². The van der Waals surface area contributed by atoms with Crippen molar-refractivity contribution in [3.05, 3.63) is 69.3 Å². The Morgan fingerprint density at radius 2 is 2.18 bits per heavy atom. The van der Waals surface area contributed by atoms with Crippen LogP contribution in [0.25, 0.3) is 10.6 Å². The van der Waals surface area contributed by atoms with Crippen molar-refractivity contribution in [1.29, 1.82) is 0 Å². The van der Waals surface area contributed by atoms with Crippen LogP contribution in [0.2, 0.25) is 0 Å². The summed E-state index contributed by atoms with van der Waals surface area (Å²) in [7, 11) is 0. The standard InChI is InChI=1S/C19H18N4O4S/c1-3-27-17-10-15(16(11-21-17)23(25)26)18(24)22-12(2)13-5-4-6-14(9-13)19-20-7-8-28-19/h4-12H,3H2,1-2H3,(H,22,24). The molecule has 0 aliphatic carbocycles. The SMILES string of the molecule is CCOc1cc(C(=O)NC(C)c2cccc(-c3nccs3)c2)c([N+](=O)[O-])cn1. The third kappa shape index (κ3) is 4.32. The van der Waals surface area contributed by atoms with E-state index >= 15 is 0 Å². The number of benzene rings is 1. The van der Waals surface area contributed by atoms with Gasteiger partial charge in [0.05, 0.1) is 17.6 Å². The maximum atomic E-state index is 12.7. The first kappa shape index (κ1) is 19.4. The van der Waals surface area contributed by atoms with Gasteiger partial charge < -0.3 is 10.1 Å². The van der Waals surface area contributed by atoms with Crippen molar-refractivity contribution in [2.24, 2.45) is 0 Å². The second kappa shape index (κ2) is 8.57. The Kier molecular flexibility index (Phi) is 5.95. The lowest BCUT2D eigenvalue weighted by Crippen LogP contribution is -2.27. The number of thiazole rings is 1. The van der Waals surface area contributed by atoms with E-state index in [1.807, 2.05) is 36.6 Å². The van der Waals surface area contributed by atoms with Crippen LogP contribution in [0.5, 0.6) is 5.88 Å². The fourth-order valence-electron chi connectivity index (χ4n) is 2.65. The third-order valence-electron chi connectivity index (χ3n) is 4.00. The number of ether oxygens (including phenoxy) is 1. The molecular weight excluding hydrogens is 380 g/mol. The van der Waals surface area contributed by atoms with Crippen molar-refractivity contribution < 1.29 is 14.5 Å². The van der Waals surface area contributed by atoms with Gasteiger partial charge in [0, 0.05) is 23.2 Å². The largest absolute Gasteiger partial charge is 0.478 e. The van der Waals surface area contributed by atoms with Gasteiger partial charge in [-0.3, -0.25) is 14.9 Å². The molecule has 1 unspecified atom stereocenters. The molecule has 0 aliphatic rings. The number of carbonyl (C=O) groups is 1. The van der Waals surface area contributed by atoms with Crippen molar-refractivity contribution in [3.8, 4) is 16.5 Å². The number of pyridine rings is 1. The average molecular weight is 398 g/mol. The van der Waals surface area contributed by atoms with E-state index in [0.717, 1.165) is 22.3 Å². The van der Waals surface area contributed by atoms with Crippen LogP contribution < -0.4 is 10.1 Å². The average Bonchev–Trinajstić information content (AvgIpc) is 3.23. The lowest BCUT2D eigenvalue weighted by atomic mass is 10.0. The molecule has 0 radical (unpaired) electrons. The Morgan fingerprint density at radius 1 is 1.36 bits per heavy atom. The van der Waals surface area contributed by atoms with Gasteiger partial charge in [0.1, 0.15) is 16.8 Å². The summed E-state index contributed by atoms with van der Waals surface area (Å²) >= 11 is 1.52. The summed E-state index contributed by atoms with van der Waals surface area (Å²) in [5, 5.41) is 16.8. The number of nitrogens with zero attached hydrogens (tertiary/aromatic N) is 3. The molecule has 0 aliphatic heterocycles. The number of hydrogen-bond donors (Lipinski definition) is 1. The zero-order valence-corrected chi connectivity index (χ0v) is 16.1. The molecule has 1 aromatic carbocycles. The summed E-state index contributed by atoms with van der Waals surface area (Å²) in [4.78, 5) is 31.5. The minimum absolute atomic E-state index is 0.0913. The molecule has 1 atom stereocenters. The summed E-state index contributed by atoms with van der Waals surface area (Å²) < 4.78 is 5.26. The molecule has 9 heteroatoms. The molecule has 8 nitrogen and oxygen atoms in total. The topological polar surface area (TPSA) is 107 Å². The minimum atomic E-state index is -0.634. The van der Waals surface area contributed by atoms with Crippen molar-refractivity contribution in [2.45, 2.75) is 19.9 Å². The molecule has 0 saturated carbocycles. The molecule has 1 N–H and O–H groups in total. The zero-order valence-electron chi connectivity index (χ0n) is 15.3. The Bertz CT molecular complexity index is 991. The van der Waals surface area contributed by atoms with Gasteiger partial charge in [-0.1, -0.05) is 18.2 Å². The fraction of sp³-hybridized carbons (Fsp3) is 0.211. The highest BCUT2D eigenvalue weighted by molar-refractivity contribution is 7.13. The first-order valence-corrected chi connectivity index (χ1v) is 9.45. The van der Waals surface area contributed by atoms with Crippen molar-refractivity contribution in [1.82, 2.24) is 15.3 Å². The number of carbonyl (C=O) groups excluding carboxylic acids is 1. The highest BCUT2D eigenvalue weighted by Crippen LogP contribution is 2.26. The Hall–Kier alpha value is -3.33. The summed E-state index contributed by atoms with van der Waals surface area (Å²) in [6.45, 7) is 3.92. The van der Waals surface area contributed by atoms with Crippen LogP contribution in [-0.2, 0) is 0 Å². The number of amides is 1. The predicted molar refractivity (Wildman–Crippen MR) is 105 cm³/mol.